The molecule has 1 amide bonds. The van der Waals surface area contributed by atoms with Gasteiger partial charge in [-0.05, 0) is 65.7 Å². The normalized spacial score (nSPS) is 11.3. The number of carbonyl (C=O) groups excluding carboxylic acids is 1. The van der Waals surface area contributed by atoms with Gasteiger partial charge in [-0.3, -0.25) is 14.2 Å². The number of rotatable bonds is 8. The van der Waals surface area contributed by atoms with Crippen LogP contribution in [0.3, 0.4) is 0 Å². The Balaban J connectivity index is 1.47. The van der Waals surface area contributed by atoms with Crippen LogP contribution in [-0.2, 0) is 17.7 Å². The van der Waals surface area contributed by atoms with Crippen LogP contribution >= 0.6 is 23.6 Å². The number of benzene rings is 2. The van der Waals surface area contributed by atoms with Crippen LogP contribution in [0, 0.1) is 4.77 Å². The summed E-state index contributed by atoms with van der Waals surface area (Å²) in [7, 11) is 1.62. The zero-order chi connectivity index (χ0) is 21.8. The minimum Gasteiger partial charge on any atom is -0.385 e. The largest absolute Gasteiger partial charge is 0.385 e. The number of fused-ring (bicyclic) bond motifs is 2. The second-order valence-corrected chi connectivity index (χ2v) is 8.55. The molecular weight excluding hydrogens is 430 g/mol. The summed E-state index contributed by atoms with van der Waals surface area (Å²) in [5, 5.41) is 6.86. The minimum absolute atomic E-state index is 0.161. The third-order valence-electron chi connectivity index (χ3n) is 5.22. The van der Waals surface area contributed by atoms with Crippen LogP contribution in [0.25, 0.3) is 21.0 Å². The van der Waals surface area contributed by atoms with Gasteiger partial charge in [0.2, 0.25) is 0 Å². The van der Waals surface area contributed by atoms with Gasteiger partial charge in [0.25, 0.3) is 11.5 Å². The molecule has 0 unspecified atom stereocenters. The van der Waals surface area contributed by atoms with Gasteiger partial charge in [-0.25, -0.2) is 0 Å². The summed E-state index contributed by atoms with van der Waals surface area (Å²) in [6, 6.07) is 13.3. The van der Waals surface area contributed by atoms with Gasteiger partial charge in [0.05, 0.1) is 10.9 Å². The molecule has 0 aliphatic rings. The number of hydrogen-bond acceptors (Lipinski definition) is 5. The maximum Gasteiger partial charge on any atom is 0.262 e. The first-order valence-corrected chi connectivity index (χ1v) is 11.4. The Kier molecular flexibility index (Phi) is 6.60. The fourth-order valence-electron chi connectivity index (χ4n) is 3.60. The highest BCUT2D eigenvalue weighted by molar-refractivity contribution is 7.71. The van der Waals surface area contributed by atoms with Crippen molar-refractivity contribution in [1.82, 2.24) is 14.9 Å². The Labute approximate surface area is 188 Å². The molecule has 0 atom stereocenters. The zero-order valence-electron chi connectivity index (χ0n) is 17.1. The lowest BCUT2D eigenvalue weighted by atomic mass is 10.1. The first-order chi connectivity index (χ1) is 15.1. The highest BCUT2D eigenvalue weighted by atomic mass is 32.1. The van der Waals surface area contributed by atoms with Crippen molar-refractivity contribution in [3.05, 3.63) is 74.1 Å². The van der Waals surface area contributed by atoms with Crippen molar-refractivity contribution in [2.45, 2.75) is 19.4 Å². The molecule has 0 saturated carbocycles. The van der Waals surface area contributed by atoms with Gasteiger partial charge < -0.3 is 15.0 Å². The molecule has 0 aliphatic carbocycles. The van der Waals surface area contributed by atoms with E-state index < -0.39 is 0 Å². The number of amides is 1. The Morgan fingerprint density at radius 3 is 2.90 bits per heavy atom. The van der Waals surface area contributed by atoms with Gasteiger partial charge in [-0.2, -0.15) is 0 Å². The summed E-state index contributed by atoms with van der Waals surface area (Å²) in [5.74, 6) is -0.176. The van der Waals surface area contributed by atoms with E-state index in [-0.39, 0.29) is 11.5 Å². The third-order valence-corrected chi connectivity index (χ3v) is 6.55. The summed E-state index contributed by atoms with van der Waals surface area (Å²) in [6.45, 7) is 1.58. The number of nitrogens with one attached hydrogen (secondary N) is 2. The highest BCUT2D eigenvalue weighted by Crippen LogP contribution is 2.25. The smallest absolute Gasteiger partial charge is 0.262 e. The lowest BCUT2D eigenvalue weighted by Gasteiger charge is -2.09. The van der Waals surface area contributed by atoms with Crippen LogP contribution in [0.4, 0.5) is 0 Å². The van der Waals surface area contributed by atoms with Crippen molar-refractivity contribution >= 4 is 50.5 Å². The van der Waals surface area contributed by atoms with Gasteiger partial charge in [-0.15, -0.1) is 11.3 Å². The van der Waals surface area contributed by atoms with Crippen LogP contribution in [-0.4, -0.2) is 35.7 Å². The highest BCUT2D eigenvalue weighted by Gasteiger charge is 2.11. The summed E-state index contributed by atoms with van der Waals surface area (Å²) in [6.07, 6.45) is 1.46. The van der Waals surface area contributed by atoms with Crippen LogP contribution in [0.1, 0.15) is 22.3 Å². The minimum atomic E-state index is -0.176. The van der Waals surface area contributed by atoms with E-state index in [1.807, 2.05) is 12.1 Å². The topological polar surface area (TPSA) is 76.1 Å². The van der Waals surface area contributed by atoms with Crippen molar-refractivity contribution in [2.75, 3.05) is 20.3 Å². The molecule has 0 saturated heterocycles. The van der Waals surface area contributed by atoms with Gasteiger partial charge in [0, 0.05) is 37.1 Å². The number of H-pyrrole nitrogens is 1. The molecule has 6 nitrogen and oxygen atoms in total. The lowest BCUT2D eigenvalue weighted by Crippen LogP contribution is -2.26. The molecular formula is C23H23N3O3S2. The summed E-state index contributed by atoms with van der Waals surface area (Å²) in [5.41, 5.74) is 2.13. The molecule has 160 valence electrons. The standard InChI is InChI=1S/C23H23N3O3S2/c1-29-12-4-11-26-22(28)18-8-7-15(13-19(18)25-23(26)30)21(27)24-10-9-16-14-31-20-6-3-2-5-17(16)20/h2-3,5-8,13-14H,4,9-12H2,1H3,(H,24,27)(H,25,30). The van der Waals surface area contributed by atoms with Crippen molar-refractivity contribution in [2.24, 2.45) is 0 Å². The quantitative estimate of drug-likeness (QED) is 0.308. The van der Waals surface area contributed by atoms with E-state index in [1.54, 1.807) is 36.6 Å². The molecule has 4 rings (SSSR count). The van der Waals surface area contributed by atoms with Crippen LogP contribution in [0.2, 0.25) is 0 Å². The number of thiophene rings is 1. The van der Waals surface area contributed by atoms with E-state index in [0.717, 1.165) is 6.42 Å². The number of ether oxygens (including phenoxy) is 1. The van der Waals surface area contributed by atoms with Crippen LogP contribution in [0.5, 0.6) is 0 Å². The first-order valence-electron chi connectivity index (χ1n) is 10.1. The van der Waals surface area contributed by atoms with Gasteiger partial charge in [0.1, 0.15) is 0 Å². The molecule has 2 heterocycles. The SMILES string of the molecule is COCCCn1c(=S)[nH]c2cc(C(=O)NCCc3csc4ccccc34)ccc2c1=O. The molecule has 4 aromatic rings. The number of methoxy groups -OCH3 is 1. The Hall–Kier alpha value is -2.81. The molecule has 2 aromatic carbocycles. The maximum atomic E-state index is 12.8. The first kappa shape index (κ1) is 21.4. The second-order valence-electron chi connectivity index (χ2n) is 7.26. The summed E-state index contributed by atoms with van der Waals surface area (Å²) < 4.78 is 8.17. The fourth-order valence-corrected chi connectivity index (χ4v) is 4.89. The third kappa shape index (κ3) is 4.61. The van der Waals surface area contributed by atoms with E-state index >= 15 is 0 Å². The van der Waals surface area contributed by atoms with E-state index in [9.17, 15) is 9.59 Å². The van der Waals surface area contributed by atoms with E-state index in [0.29, 0.717) is 47.4 Å². The molecule has 0 spiro atoms. The van der Waals surface area contributed by atoms with Crippen molar-refractivity contribution in [3.63, 3.8) is 0 Å². The zero-order valence-corrected chi connectivity index (χ0v) is 18.8. The second kappa shape index (κ2) is 9.55. The molecule has 2 N–H and O–H groups in total. The average Bonchev–Trinajstić information content (AvgIpc) is 3.19. The van der Waals surface area contributed by atoms with Crippen molar-refractivity contribution in [1.29, 1.82) is 0 Å². The Morgan fingerprint density at radius 1 is 1.23 bits per heavy atom. The number of aromatic amines is 1. The predicted octanol–water partition coefficient (Wildman–Crippen LogP) is 4.28. The number of carbonyl (C=O) groups is 1. The molecule has 8 heteroatoms. The van der Waals surface area contributed by atoms with Gasteiger partial charge in [-0.1, -0.05) is 18.2 Å². The monoisotopic (exact) mass is 453 g/mol. The number of aromatic nitrogens is 2. The lowest BCUT2D eigenvalue weighted by molar-refractivity contribution is 0.0954. The van der Waals surface area contributed by atoms with Crippen molar-refractivity contribution in [3.8, 4) is 0 Å². The van der Waals surface area contributed by atoms with Crippen LogP contribution in [0.15, 0.2) is 52.6 Å². The summed E-state index contributed by atoms with van der Waals surface area (Å²) >= 11 is 7.06. The summed E-state index contributed by atoms with van der Waals surface area (Å²) in [4.78, 5) is 28.5. The maximum absolute atomic E-state index is 12.8. The molecule has 0 bridgehead atoms. The fraction of sp³-hybridized carbons (Fsp3) is 0.261. The van der Waals surface area contributed by atoms with E-state index in [1.165, 1.54) is 20.2 Å². The Morgan fingerprint density at radius 2 is 2.06 bits per heavy atom. The molecule has 31 heavy (non-hydrogen) atoms. The molecule has 0 fully saturated rings. The van der Waals surface area contributed by atoms with E-state index in [4.69, 9.17) is 17.0 Å². The number of hydrogen-bond donors (Lipinski definition) is 2. The molecule has 2 aromatic heterocycles. The predicted molar refractivity (Wildman–Crippen MR) is 128 cm³/mol. The average molecular weight is 454 g/mol. The molecule has 0 radical (unpaired) electrons. The Bertz CT molecular complexity index is 1350. The van der Waals surface area contributed by atoms with E-state index in [2.05, 4.69) is 27.8 Å². The van der Waals surface area contributed by atoms with Crippen LogP contribution < -0.4 is 10.9 Å². The molecule has 0 aliphatic heterocycles. The number of nitrogens with zero attached hydrogens (tertiary/aromatic N) is 1. The van der Waals surface area contributed by atoms with Gasteiger partial charge >= 0.3 is 0 Å². The van der Waals surface area contributed by atoms with Gasteiger partial charge in [0.15, 0.2) is 4.77 Å². The van der Waals surface area contributed by atoms with Crippen molar-refractivity contribution < 1.29 is 9.53 Å².